The van der Waals surface area contributed by atoms with Crippen LogP contribution in [0.15, 0.2) is 54.6 Å². The zero-order valence-electron chi connectivity index (χ0n) is 26.2. The van der Waals surface area contributed by atoms with Crippen molar-refractivity contribution in [3.63, 3.8) is 0 Å². The van der Waals surface area contributed by atoms with Crippen molar-refractivity contribution in [3.8, 4) is 11.8 Å². The minimum Gasteiger partial charge on any atom is -0.456 e. The molecule has 0 bridgehead atoms. The van der Waals surface area contributed by atoms with Crippen molar-refractivity contribution in [2.45, 2.75) is 78.2 Å². The van der Waals surface area contributed by atoms with Gasteiger partial charge in [-0.15, -0.1) is 5.10 Å². The number of aliphatic hydroxyl groups is 1. The van der Waals surface area contributed by atoms with Crippen molar-refractivity contribution < 1.29 is 19.4 Å². The maximum absolute atomic E-state index is 11.8. The summed E-state index contributed by atoms with van der Waals surface area (Å²) in [7, 11) is 0. The van der Waals surface area contributed by atoms with Gasteiger partial charge in [-0.05, 0) is 61.2 Å². The molecule has 3 aromatic heterocycles. The zero-order chi connectivity index (χ0) is 31.8. The van der Waals surface area contributed by atoms with Gasteiger partial charge in [-0.3, -0.25) is 0 Å². The van der Waals surface area contributed by atoms with Crippen molar-refractivity contribution in [1.29, 1.82) is 0 Å². The highest BCUT2D eigenvalue weighted by Gasteiger charge is 2.38. The highest BCUT2D eigenvalue weighted by Crippen LogP contribution is 2.39. The number of nitrogens with zero attached hydrogens (tertiary/aromatic N) is 7. The fourth-order valence-electron chi connectivity index (χ4n) is 5.60. The van der Waals surface area contributed by atoms with E-state index in [-0.39, 0.29) is 19.4 Å². The van der Waals surface area contributed by atoms with Crippen molar-refractivity contribution in [3.05, 3.63) is 88.7 Å². The van der Waals surface area contributed by atoms with Crippen LogP contribution in [0.5, 0.6) is 0 Å². The molecular weight excluding hydrogens is 570 g/mol. The van der Waals surface area contributed by atoms with Gasteiger partial charge in [0.2, 0.25) is 0 Å². The molecule has 1 aromatic carbocycles. The monoisotopic (exact) mass is 609 g/mol. The van der Waals surface area contributed by atoms with Crippen LogP contribution < -0.4 is 0 Å². The van der Waals surface area contributed by atoms with Gasteiger partial charge in [0.15, 0.2) is 17.7 Å². The van der Waals surface area contributed by atoms with Gasteiger partial charge < -0.3 is 19.1 Å². The Morgan fingerprint density at radius 1 is 1.13 bits per heavy atom. The molecule has 2 unspecified atom stereocenters. The van der Waals surface area contributed by atoms with E-state index in [1.165, 1.54) is 0 Å². The fraction of sp³-hybridized carbons (Fsp3) is 0.412. The number of carbonyl (C=O) groups excluding carboxylic acids is 1. The van der Waals surface area contributed by atoms with Gasteiger partial charge in [-0.1, -0.05) is 67.8 Å². The Morgan fingerprint density at radius 2 is 1.96 bits per heavy atom. The van der Waals surface area contributed by atoms with Crippen LogP contribution in [0.1, 0.15) is 87.2 Å². The Morgan fingerprint density at radius 3 is 2.64 bits per heavy atom. The molecule has 0 amide bonds. The van der Waals surface area contributed by atoms with Gasteiger partial charge in [-0.2, -0.15) is 4.68 Å². The van der Waals surface area contributed by atoms with Gasteiger partial charge in [0.05, 0.1) is 36.4 Å². The van der Waals surface area contributed by atoms with Crippen LogP contribution >= 0.6 is 0 Å². The molecule has 2 atom stereocenters. The molecule has 0 fully saturated rings. The number of rotatable bonds is 12. The summed E-state index contributed by atoms with van der Waals surface area (Å²) in [4.78, 5) is 21.5. The van der Waals surface area contributed by atoms with Crippen molar-refractivity contribution in [1.82, 2.24) is 34.7 Å². The predicted molar refractivity (Wildman–Crippen MR) is 169 cm³/mol. The number of carbonyl (C=O) groups is 1. The minimum absolute atomic E-state index is 0.241. The Balaban J connectivity index is 1.51. The van der Waals surface area contributed by atoms with Crippen LogP contribution in [0.25, 0.3) is 11.2 Å². The lowest BCUT2D eigenvalue weighted by Crippen LogP contribution is -2.32. The Hall–Kier alpha value is -4.66. The molecule has 45 heavy (non-hydrogen) atoms. The van der Waals surface area contributed by atoms with E-state index < -0.39 is 11.4 Å². The summed E-state index contributed by atoms with van der Waals surface area (Å²) in [5.41, 5.74) is 3.76. The molecule has 3 heterocycles. The third-order valence-electron chi connectivity index (χ3n) is 7.88. The molecule has 0 saturated carbocycles. The number of aromatic nitrogens is 7. The number of benzene rings is 1. The first kappa shape index (κ1) is 31.8. The Labute approximate surface area is 263 Å². The number of aryl methyl sites for hydroxylation is 1. The third kappa shape index (κ3) is 6.72. The second kappa shape index (κ2) is 14.4. The van der Waals surface area contributed by atoms with Crippen molar-refractivity contribution in [2.24, 2.45) is 0 Å². The van der Waals surface area contributed by atoms with E-state index in [9.17, 15) is 9.90 Å². The molecule has 1 aliphatic rings. The molecule has 4 aromatic rings. The third-order valence-corrected chi connectivity index (χ3v) is 7.88. The van der Waals surface area contributed by atoms with E-state index in [1.54, 1.807) is 17.7 Å². The maximum atomic E-state index is 11.8. The molecule has 1 N–H and O–H groups in total. The number of hydrogen-bond acceptors (Lipinski definition) is 9. The topological polar surface area (TPSA) is 130 Å². The second-order valence-electron chi connectivity index (χ2n) is 10.8. The fourth-order valence-corrected chi connectivity index (χ4v) is 5.60. The van der Waals surface area contributed by atoms with Gasteiger partial charge in [0.1, 0.15) is 11.3 Å². The number of esters is 1. The van der Waals surface area contributed by atoms with Gasteiger partial charge in [-0.25, -0.2) is 14.8 Å². The molecule has 0 aliphatic heterocycles. The first-order valence-electron chi connectivity index (χ1n) is 15.5. The second-order valence-corrected chi connectivity index (χ2v) is 10.8. The van der Waals surface area contributed by atoms with E-state index in [1.807, 2.05) is 26.0 Å². The van der Waals surface area contributed by atoms with Crippen LogP contribution in [0, 0.1) is 11.8 Å². The molecule has 0 radical (unpaired) electrons. The molecule has 11 heteroatoms. The number of imidazole rings is 1. The first-order chi connectivity index (χ1) is 21.9. The van der Waals surface area contributed by atoms with E-state index in [4.69, 9.17) is 19.4 Å². The molecule has 0 saturated heterocycles. The lowest BCUT2D eigenvalue weighted by Gasteiger charge is -2.31. The largest absolute Gasteiger partial charge is 0.456 e. The highest BCUT2D eigenvalue weighted by atomic mass is 16.5. The predicted octanol–water partition coefficient (Wildman–Crippen LogP) is 4.57. The van der Waals surface area contributed by atoms with E-state index in [2.05, 4.69) is 75.3 Å². The van der Waals surface area contributed by atoms with Crippen LogP contribution in [0.3, 0.4) is 0 Å². The summed E-state index contributed by atoms with van der Waals surface area (Å²) in [5, 5.41) is 22.8. The number of aliphatic hydroxyl groups excluding tert-OH is 1. The summed E-state index contributed by atoms with van der Waals surface area (Å²) >= 11 is 0. The smallest absolute Gasteiger partial charge is 0.384 e. The number of ether oxygens (including phenoxy) is 2. The number of tetrazole rings is 1. The zero-order valence-corrected chi connectivity index (χ0v) is 26.2. The average molecular weight is 610 g/mol. The van der Waals surface area contributed by atoms with Crippen LogP contribution in [0.4, 0.5) is 0 Å². The summed E-state index contributed by atoms with van der Waals surface area (Å²) in [6.45, 7) is 8.79. The number of hydrogen-bond donors (Lipinski definition) is 1. The van der Waals surface area contributed by atoms with E-state index in [0.29, 0.717) is 42.0 Å². The maximum Gasteiger partial charge on any atom is 0.384 e. The van der Waals surface area contributed by atoms with Gasteiger partial charge in [0.25, 0.3) is 0 Å². The minimum atomic E-state index is -0.624. The van der Waals surface area contributed by atoms with Crippen LogP contribution in [0.2, 0.25) is 0 Å². The lowest BCUT2D eigenvalue weighted by molar-refractivity contribution is -0.136. The Bertz CT molecular complexity index is 1760. The van der Waals surface area contributed by atoms with Crippen molar-refractivity contribution >= 4 is 17.1 Å². The first-order valence-corrected chi connectivity index (χ1v) is 15.5. The quantitative estimate of drug-likeness (QED) is 0.181. The van der Waals surface area contributed by atoms with E-state index >= 15 is 0 Å². The van der Waals surface area contributed by atoms with Gasteiger partial charge in [0, 0.05) is 18.9 Å². The highest BCUT2D eigenvalue weighted by molar-refractivity contribution is 5.89. The summed E-state index contributed by atoms with van der Waals surface area (Å²) in [6.07, 6.45) is 11.5. The molecule has 5 rings (SSSR count). The van der Waals surface area contributed by atoms with Crippen LogP contribution in [-0.4, -0.2) is 59.0 Å². The molecule has 0 spiro atoms. The summed E-state index contributed by atoms with van der Waals surface area (Å²) in [5.74, 6) is 6.28. The molecular formula is C34H39N7O4. The Kier molecular flexibility index (Phi) is 10.2. The van der Waals surface area contributed by atoms with E-state index in [0.717, 1.165) is 42.0 Å². The summed E-state index contributed by atoms with van der Waals surface area (Å²) < 4.78 is 14.6. The standard InChI is InChI=1S/C34H39N7O4/c1-5-8-12-30-35-28-21-26(15-18-31(43)45-7-3)29(23-42)36-32(28)40(30)22-25-13-16-27(17-14-25)34(19-10-9-11-20-34)33-37-38-39-41(33)24(4)44-6-2/h9-11,13-14,16-17,19,21,24,42H,5-8,12,20,22-23H2,1-4H3. The number of fused-ring (bicyclic) bond motifs is 1. The summed E-state index contributed by atoms with van der Waals surface area (Å²) in [6, 6.07) is 10.3. The SMILES string of the molecule is CCCCc1nc2cc(C#CC(=O)OCC)c(CO)nc2n1Cc1ccc(C2(c3nnnn3C(C)OCC)C=CC=CC2)cc1. The van der Waals surface area contributed by atoms with Crippen molar-refractivity contribution in [2.75, 3.05) is 13.2 Å². The van der Waals surface area contributed by atoms with Crippen LogP contribution in [-0.2, 0) is 39.3 Å². The number of pyridine rings is 1. The number of allylic oxidation sites excluding steroid dienone is 4. The normalized spacial score (nSPS) is 16.5. The molecule has 234 valence electrons. The molecule has 1 aliphatic carbocycles. The average Bonchev–Trinajstić information content (AvgIpc) is 3.69. The number of unbranched alkanes of at least 4 members (excludes halogenated alkanes) is 1. The van der Waals surface area contributed by atoms with Gasteiger partial charge >= 0.3 is 5.97 Å². The lowest BCUT2D eigenvalue weighted by atomic mass is 9.74. The molecule has 11 nitrogen and oxygen atoms in total.